The summed E-state index contributed by atoms with van der Waals surface area (Å²) >= 11 is 0. The van der Waals surface area contributed by atoms with E-state index >= 15 is 0 Å². The van der Waals surface area contributed by atoms with Gasteiger partial charge in [-0.2, -0.15) is 5.10 Å². The van der Waals surface area contributed by atoms with Crippen LogP contribution < -0.4 is 0 Å². The average Bonchev–Trinajstić information content (AvgIpc) is 2.40. The summed E-state index contributed by atoms with van der Waals surface area (Å²) in [6.07, 6.45) is 1.11. The van der Waals surface area contributed by atoms with Crippen LogP contribution >= 0.6 is 0 Å². The second kappa shape index (κ2) is 3.14. The molecule has 0 aromatic carbocycles. The van der Waals surface area contributed by atoms with Gasteiger partial charge >= 0.3 is 0 Å². The van der Waals surface area contributed by atoms with Crippen molar-refractivity contribution in [2.24, 2.45) is 0 Å². The molecule has 1 aromatic rings. The topological polar surface area (TPSA) is 21.1 Å². The fourth-order valence-electron chi connectivity index (χ4n) is 2.09. The molecule has 0 aliphatic carbocycles. The van der Waals surface area contributed by atoms with E-state index in [1.165, 1.54) is 17.0 Å². The van der Waals surface area contributed by atoms with E-state index < -0.39 is 0 Å². The molecular weight excluding hydrogens is 162 g/mol. The van der Waals surface area contributed by atoms with Crippen LogP contribution in [-0.2, 0) is 19.5 Å². The van der Waals surface area contributed by atoms with Gasteiger partial charge in [-0.05, 0) is 26.0 Å². The van der Waals surface area contributed by atoms with Crippen LogP contribution in [0.1, 0.15) is 23.9 Å². The maximum absolute atomic E-state index is 4.55. The van der Waals surface area contributed by atoms with E-state index in [1.54, 1.807) is 0 Å². The summed E-state index contributed by atoms with van der Waals surface area (Å²) in [5.41, 5.74) is 4.09. The lowest BCUT2D eigenvalue weighted by atomic mass is 10.1. The van der Waals surface area contributed by atoms with Crippen molar-refractivity contribution in [2.45, 2.75) is 33.4 Å². The van der Waals surface area contributed by atoms with Crippen molar-refractivity contribution >= 4 is 0 Å². The SMILES string of the molecule is CCc1c(C)nn2c1CN(C)CC2. The minimum atomic E-state index is 1.05. The van der Waals surface area contributed by atoms with E-state index in [0.29, 0.717) is 0 Å². The lowest BCUT2D eigenvalue weighted by molar-refractivity contribution is 0.257. The van der Waals surface area contributed by atoms with E-state index in [9.17, 15) is 0 Å². The molecule has 1 aliphatic heterocycles. The fraction of sp³-hybridized carbons (Fsp3) is 0.700. The molecule has 0 amide bonds. The fourth-order valence-corrected chi connectivity index (χ4v) is 2.09. The van der Waals surface area contributed by atoms with Gasteiger partial charge in [0.15, 0.2) is 0 Å². The van der Waals surface area contributed by atoms with E-state index in [-0.39, 0.29) is 0 Å². The maximum Gasteiger partial charge on any atom is 0.0628 e. The summed E-state index contributed by atoms with van der Waals surface area (Å²) in [6, 6.07) is 0. The maximum atomic E-state index is 4.55. The second-order valence-corrected chi connectivity index (χ2v) is 3.83. The summed E-state index contributed by atoms with van der Waals surface area (Å²) in [7, 11) is 2.17. The molecule has 3 nitrogen and oxygen atoms in total. The van der Waals surface area contributed by atoms with Crippen LogP contribution in [0.3, 0.4) is 0 Å². The second-order valence-electron chi connectivity index (χ2n) is 3.83. The van der Waals surface area contributed by atoms with Crippen LogP contribution in [0, 0.1) is 6.92 Å². The largest absolute Gasteiger partial charge is 0.299 e. The van der Waals surface area contributed by atoms with Gasteiger partial charge in [0.05, 0.1) is 17.9 Å². The van der Waals surface area contributed by atoms with Crippen molar-refractivity contribution in [3.63, 3.8) is 0 Å². The molecule has 0 saturated carbocycles. The third-order valence-electron chi connectivity index (χ3n) is 2.83. The molecule has 1 aromatic heterocycles. The van der Waals surface area contributed by atoms with Crippen LogP contribution in [0.4, 0.5) is 0 Å². The van der Waals surface area contributed by atoms with Gasteiger partial charge in [0, 0.05) is 13.1 Å². The van der Waals surface area contributed by atoms with Gasteiger partial charge in [-0.15, -0.1) is 0 Å². The summed E-state index contributed by atoms with van der Waals surface area (Å²) < 4.78 is 2.17. The Morgan fingerprint density at radius 3 is 2.85 bits per heavy atom. The Morgan fingerprint density at radius 2 is 2.15 bits per heavy atom. The lowest BCUT2D eigenvalue weighted by Gasteiger charge is -2.24. The number of nitrogens with zero attached hydrogens (tertiary/aromatic N) is 3. The van der Waals surface area contributed by atoms with Gasteiger partial charge < -0.3 is 0 Å². The molecule has 0 fully saturated rings. The predicted octanol–water partition coefficient (Wildman–Crippen LogP) is 1.20. The monoisotopic (exact) mass is 179 g/mol. The number of aromatic nitrogens is 2. The highest BCUT2D eigenvalue weighted by atomic mass is 15.3. The predicted molar refractivity (Wildman–Crippen MR) is 52.7 cm³/mol. The number of hydrogen-bond acceptors (Lipinski definition) is 2. The van der Waals surface area contributed by atoms with Crippen LogP contribution in [-0.4, -0.2) is 28.3 Å². The molecule has 2 heterocycles. The molecule has 0 N–H and O–H groups in total. The Bertz CT molecular complexity index is 314. The number of fused-ring (bicyclic) bond motifs is 1. The molecule has 3 heteroatoms. The molecule has 72 valence electrons. The van der Waals surface area contributed by atoms with E-state index in [4.69, 9.17) is 0 Å². The van der Waals surface area contributed by atoms with Crippen LogP contribution in [0.15, 0.2) is 0 Å². The van der Waals surface area contributed by atoms with Crippen molar-refractivity contribution < 1.29 is 0 Å². The normalized spacial score (nSPS) is 17.5. The average molecular weight is 179 g/mol. The minimum Gasteiger partial charge on any atom is -0.299 e. The first-order valence-electron chi connectivity index (χ1n) is 4.96. The first kappa shape index (κ1) is 8.75. The van der Waals surface area contributed by atoms with Crippen molar-refractivity contribution in [2.75, 3.05) is 13.6 Å². The van der Waals surface area contributed by atoms with Crippen LogP contribution in [0.5, 0.6) is 0 Å². The third kappa shape index (κ3) is 1.37. The van der Waals surface area contributed by atoms with Crippen molar-refractivity contribution in [1.29, 1.82) is 0 Å². The van der Waals surface area contributed by atoms with Crippen LogP contribution in [0.2, 0.25) is 0 Å². The summed E-state index contributed by atoms with van der Waals surface area (Å²) in [5.74, 6) is 0. The van der Waals surface area contributed by atoms with Gasteiger partial charge in [-0.1, -0.05) is 6.92 Å². The Balaban J connectivity index is 2.42. The number of aryl methyl sites for hydroxylation is 1. The molecule has 0 radical (unpaired) electrons. The first-order valence-corrected chi connectivity index (χ1v) is 4.96. The number of hydrogen-bond donors (Lipinski definition) is 0. The summed E-state index contributed by atoms with van der Waals surface area (Å²) in [5, 5.41) is 4.55. The van der Waals surface area contributed by atoms with Crippen molar-refractivity contribution in [3.8, 4) is 0 Å². The Labute approximate surface area is 79.3 Å². The Morgan fingerprint density at radius 1 is 1.38 bits per heavy atom. The van der Waals surface area contributed by atoms with Gasteiger partial charge in [0.25, 0.3) is 0 Å². The molecule has 0 unspecified atom stereocenters. The van der Waals surface area contributed by atoms with Gasteiger partial charge in [-0.25, -0.2) is 0 Å². The highest BCUT2D eigenvalue weighted by Crippen LogP contribution is 2.19. The molecule has 2 rings (SSSR count). The molecule has 0 atom stereocenters. The molecule has 0 spiro atoms. The Kier molecular flexibility index (Phi) is 2.12. The number of rotatable bonds is 1. The quantitative estimate of drug-likeness (QED) is 0.646. The minimum absolute atomic E-state index is 1.05. The smallest absolute Gasteiger partial charge is 0.0628 e. The Hall–Kier alpha value is -0.830. The molecule has 0 saturated heterocycles. The molecule has 1 aliphatic rings. The highest BCUT2D eigenvalue weighted by molar-refractivity contribution is 5.26. The van der Waals surface area contributed by atoms with Gasteiger partial charge in [0.1, 0.15) is 0 Å². The zero-order chi connectivity index (χ0) is 9.42. The lowest BCUT2D eigenvalue weighted by Crippen LogP contribution is -2.31. The van der Waals surface area contributed by atoms with Gasteiger partial charge in [0.2, 0.25) is 0 Å². The van der Waals surface area contributed by atoms with Crippen molar-refractivity contribution in [3.05, 3.63) is 17.0 Å². The van der Waals surface area contributed by atoms with Gasteiger partial charge in [-0.3, -0.25) is 9.58 Å². The summed E-state index contributed by atoms with van der Waals surface area (Å²) in [4.78, 5) is 2.36. The van der Waals surface area contributed by atoms with Crippen LogP contribution in [0.25, 0.3) is 0 Å². The molecule has 0 bridgehead atoms. The highest BCUT2D eigenvalue weighted by Gasteiger charge is 2.18. The third-order valence-corrected chi connectivity index (χ3v) is 2.83. The zero-order valence-corrected chi connectivity index (χ0v) is 8.67. The zero-order valence-electron chi connectivity index (χ0n) is 8.67. The first-order chi connectivity index (χ1) is 6.22. The van der Waals surface area contributed by atoms with E-state index in [0.717, 1.165) is 26.1 Å². The molecule has 13 heavy (non-hydrogen) atoms. The standard InChI is InChI=1S/C10H17N3/c1-4-9-8(2)11-13-6-5-12(3)7-10(9)13/h4-7H2,1-3H3. The van der Waals surface area contributed by atoms with Crippen molar-refractivity contribution in [1.82, 2.24) is 14.7 Å². The molecular formula is C10H17N3. The number of likely N-dealkylation sites (N-methyl/N-ethyl adjacent to an activating group) is 1. The van der Waals surface area contributed by atoms with E-state index in [1.807, 2.05) is 0 Å². The summed E-state index contributed by atoms with van der Waals surface area (Å²) in [6.45, 7) is 7.55. The van der Waals surface area contributed by atoms with E-state index in [2.05, 4.69) is 35.6 Å².